The summed E-state index contributed by atoms with van der Waals surface area (Å²) in [6, 6.07) is 11.7. The summed E-state index contributed by atoms with van der Waals surface area (Å²) in [6.07, 6.45) is 4.42. The summed E-state index contributed by atoms with van der Waals surface area (Å²) in [5.41, 5.74) is 3.03. The smallest absolute Gasteiger partial charge is 0.253 e. The predicted octanol–water partition coefficient (Wildman–Crippen LogP) is 2.85. The van der Waals surface area contributed by atoms with Gasteiger partial charge in [0.2, 0.25) is 0 Å². The number of likely N-dealkylation sites (N-methyl/N-ethyl adjacent to an activating group) is 1. The highest BCUT2D eigenvalue weighted by Gasteiger charge is 2.14. The Bertz CT molecular complexity index is 593. The van der Waals surface area contributed by atoms with E-state index >= 15 is 0 Å². The van der Waals surface area contributed by atoms with E-state index in [-0.39, 0.29) is 5.91 Å². The van der Waals surface area contributed by atoms with Gasteiger partial charge in [-0.05, 0) is 55.3 Å². The fourth-order valence-corrected chi connectivity index (χ4v) is 2.30. The number of carbonyl (C=O) groups excluding carboxylic acids is 1. The van der Waals surface area contributed by atoms with Crippen molar-refractivity contribution < 1.29 is 4.79 Å². The summed E-state index contributed by atoms with van der Waals surface area (Å²) < 4.78 is 0. The molecule has 4 heteroatoms. The van der Waals surface area contributed by atoms with Crippen LogP contribution in [0.1, 0.15) is 22.8 Å². The van der Waals surface area contributed by atoms with Crippen LogP contribution in [0.3, 0.4) is 0 Å². The van der Waals surface area contributed by atoms with Crippen molar-refractivity contribution in [3.8, 4) is 0 Å². The van der Waals surface area contributed by atoms with E-state index in [2.05, 4.69) is 4.98 Å². The number of carbonyl (C=O) groups is 1. The van der Waals surface area contributed by atoms with Gasteiger partial charge in [-0.1, -0.05) is 0 Å². The van der Waals surface area contributed by atoms with Crippen LogP contribution in [-0.4, -0.2) is 43.0 Å². The van der Waals surface area contributed by atoms with Crippen molar-refractivity contribution in [3.05, 3.63) is 59.9 Å². The molecule has 22 heavy (non-hydrogen) atoms. The zero-order chi connectivity index (χ0) is 15.9. The molecule has 0 radical (unpaired) electrons. The zero-order valence-electron chi connectivity index (χ0n) is 13.5. The highest BCUT2D eigenvalue weighted by Crippen LogP contribution is 2.14. The fraction of sp³-hybridized carbons (Fsp3) is 0.333. The molecule has 2 rings (SSSR count). The molecule has 1 heterocycles. The Morgan fingerprint density at radius 3 is 2.23 bits per heavy atom. The van der Waals surface area contributed by atoms with Gasteiger partial charge in [-0.2, -0.15) is 0 Å². The minimum absolute atomic E-state index is 0.0851. The number of amides is 1. The standard InChI is InChI=1S/C18H23N3O/c1-4-21(14-11-15-9-12-19-13-10-15)18(22)16-5-7-17(8-6-16)20(2)3/h5-10,12-13H,4,11,14H2,1-3H3. The molecular formula is C18H23N3O. The molecule has 0 spiro atoms. The number of hydrogen-bond donors (Lipinski definition) is 0. The van der Waals surface area contributed by atoms with E-state index in [4.69, 9.17) is 0 Å². The third-order valence-corrected chi connectivity index (χ3v) is 3.72. The number of pyridine rings is 1. The van der Waals surface area contributed by atoms with Crippen molar-refractivity contribution in [3.63, 3.8) is 0 Å². The Hall–Kier alpha value is -2.36. The molecule has 0 N–H and O–H groups in total. The van der Waals surface area contributed by atoms with Crippen LogP contribution in [0.25, 0.3) is 0 Å². The third-order valence-electron chi connectivity index (χ3n) is 3.72. The predicted molar refractivity (Wildman–Crippen MR) is 90.3 cm³/mol. The Balaban J connectivity index is 2.02. The lowest BCUT2D eigenvalue weighted by molar-refractivity contribution is 0.0766. The van der Waals surface area contributed by atoms with E-state index < -0.39 is 0 Å². The molecule has 0 aliphatic carbocycles. The molecule has 0 unspecified atom stereocenters. The largest absolute Gasteiger partial charge is 0.378 e. The summed E-state index contributed by atoms with van der Waals surface area (Å²) >= 11 is 0. The lowest BCUT2D eigenvalue weighted by Gasteiger charge is -2.21. The molecule has 0 fully saturated rings. The second-order valence-corrected chi connectivity index (χ2v) is 5.43. The lowest BCUT2D eigenvalue weighted by Crippen LogP contribution is -2.32. The van der Waals surface area contributed by atoms with Gasteiger partial charge in [-0.25, -0.2) is 0 Å². The minimum Gasteiger partial charge on any atom is -0.378 e. The maximum absolute atomic E-state index is 12.6. The molecule has 0 aliphatic rings. The summed E-state index contributed by atoms with van der Waals surface area (Å²) in [7, 11) is 3.98. The second kappa shape index (κ2) is 7.59. The highest BCUT2D eigenvalue weighted by molar-refractivity contribution is 5.94. The van der Waals surface area contributed by atoms with Crippen molar-refractivity contribution in [2.24, 2.45) is 0 Å². The van der Waals surface area contributed by atoms with Crippen molar-refractivity contribution in [1.29, 1.82) is 0 Å². The van der Waals surface area contributed by atoms with E-state index in [1.54, 1.807) is 12.4 Å². The molecule has 1 aromatic heterocycles. The van der Waals surface area contributed by atoms with Crippen molar-refractivity contribution in [2.75, 3.05) is 32.1 Å². The fourth-order valence-electron chi connectivity index (χ4n) is 2.30. The molecular weight excluding hydrogens is 274 g/mol. The van der Waals surface area contributed by atoms with Gasteiger partial charge in [0.05, 0.1) is 0 Å². The molecule has 0 saturated carbocycles. The average Bonchev–Trinajstić information content (AvgIpc) is 2.56. The van der Waals surface area contributed by atoms with Gasteiger partial charge in [0.1, 0.15) is 0 Å². The van der Waals surface area contributed by atoms with Gasteiger partial charge >= 0.3 is 0 Å². The number of aromatic nitrogens is 1. The van der Waals surface area contributed by atoms with Gasteiger partial charge in [-0.15, -0.1) is 0 Å². The van der Waals surface area contributed by atoms with Crippen molar-refractivity contribution in [1.82, 2.24) is 9.88 Å². The first-order valence-electron chi connectivity index (χ1n) is 7.57. The summed E-state index contributed by atoms with van der Waals surface area (Å²) in [5, 5.41) is 0. The first kappa shape index (κ1) is 16.0. The van der Waals surface area contributed by atoms with Gasteiger partial charge in [-0.3, -0.25) is 9.78 Å². The van der Waals surface area contributed by atoms with E-state index in [9.17, 15) is 4.79 Å². The van der Waals surface area contributed by atoms with E-state index in [1.807, 2.05) is 67.2 Å². The lowest BCUT2D eigenvalue weighted by atomic mass is 10.1. The average molecular weight is 297 g/mol. The van der Waals surface area contributed by atoms with E-state index in [0.717, 1.165) is 24.2 Å². The Labute approximate surface area is 132 Å². The van der Waals surface area contributed by atoms with Crippen LogP contribution < -0.4 is 4.90 Å². The van der Waals surface area contributed by atoms with Gasteiger partial charge < -0.3 is 9.80 Å². The van der Waals surface area contributed by atoms with Crippen LogP contribution >= 0.6 is 0 Å². The molecule has 116 valence electrons. The first-order valence-corrected chi connectivity index (χ1v) is 7.57. The molecule has 0 bridgehead atoms. The second-order valence-electron chi connectivity index (χ2n) is 5.43. The number of hydrogen-bond acceptors (Lipinski definition) is 3. The molecule has 1 aromatic carbocycles. The topological polar surface area (TPSA) is 36.4 Å². The normalized spacial score (nSPS) is 10.3. The van der Waals surface area contributed by atoms with Crippen molar-refractivity contribution >= 4 is 11.6 Å². The summed E-state index contributed by atoms with van der Waals surface area (Å²) in [6.45, 7) is 3.44. The van der Waals surface area contributed by atoms with Crippen LogP contribution in [0, 0.1) is 0 Å². The number of nitrogens with zero attached hydrogens (tertiary/aromatic N) is 3. The van der Waals surface area contributed by atoms with E-state index in [1.165, 1.54) is 5.56 Å². The van der Waals surface area contributed by atoms with Crippen molar-refractivity contribution in [2.45, 2.75) is 13.3 Å². The Morgan fingerprint density at radius 1 is 1.05 bits per heavy atom. The maximum atomic E-state index is 12.6. The summed E-state index contributed by atoms with van der Waals surface area (Å²) in [4.78, 5) is 20.5. The van der Waals surface area contributed by atoms with Gasteiger partial charge in [0.15, 0.2) is 0 Å². The van der Waals surface area contributed by atoms with Crippen LogP contribution in [0.5, 0.6) is 0 Å². The summed E-state index contributed by atoms with van der Waals surface area (Å²) in [5.74, 6) is 0.0851. The van der Waals surface area contributed by atoms with E-state index in [0.29, 0.717) is 6.54 Å². The van der Waals surface area contributed by atoms with Crippen LogP contribution in [0.2, 0.25) is 0 Å². The maximum Gasteiger partial charge on any atom is 0.253 e. The van der Waals surface area contributed by atoms with Crippen LogP contribution in [-0.2, 0) is 6.42 Å². The van der Waals surface area contributed by atoms with Crippen LogP contribution in [0.15, 0.2) is 48.8 Å². The quantitative estimate of drug-likeness (QED) is 0.822. The van der Waals surface area contributed by atoms with Gasteiger partial charge in [0, 0.05) is 50.8 Å². The Morgan fingerprint density at radius 2 is 1.68 bits per heavy atom. The number of rotatable bonds is 6. The molecule has 4 nitrogen and oxygen atoms in total. The zero-order valence-corrected chi connectivity index (χ0v) is 13.5. The Kier molecular flexibility index (Phi) is 5.53. The molecule has 1 amide bonds. The minimum atomic E-state index is 0.0851. The number of benzene rings is 1. The number of anilines is 1. The highest BCUT2D eigenvalue weighted by atomic mass is 16.2. The first-order chi connectivity index (χ1) is 10.6. The SMILES string of the molecule is CCN(CCc1ccncc1)C(=O)c1ccc(N(C)C)cc1. The molecule has 2 aromatic rings. The monoisotopic (exact) mass is 297 g/mol. The molecule has 0 atom stereocenters. The third kappa shape index (κ3) is 4.07. The molecule has 0 aliphatic heterocycles. The van der Waals surface area contributed by atoms with Gasteiger partial charge in [0.25, 0.3) is 5.91 Å². The molecule has 0 saturated heterocycles. The van der Waals surface area contributed by atoms with Crippen LogP contribution in [0.4, 0.5) is 5.69 Å².